The summed E-state index contributed by atoms with van der Waals surface area (Å²) in [7, 11) is 0. The number of nitrogens with zero attached hydrogens (tertiary/aromatic N) is 3. The van der Waals surface area contributed by atoms with Crippen molar-refractivity contribution in [3.05, 3.63) is 22.5 Å². The van der Waals surface area contributed by atoms with Crippen LogP contribution in [0, 0.1) is 6.92 Å². The highest BCUT2D eigenvalue weighted by molar-refractivity contribution is 5.69. The Labute approximate surface area is 67.0 Å². The molecule has 6 nitrogen and oxygen atoms in total. The summed E-state index contributed by atoms with van der Waals surface area (Å²) in [5, 5.41) is 0. The molecule has 0 aliphatic heterocycles. The first-order chi connectivity index (χ1) is 5.68. The Morgan fingerprint density at radius 3 is 3.17 bits per heavy atom. The molecule has 0 fully saturated rings. The monoisotopic (exact) mass is 165 g/mol. The van der Waals surface area contributed by atoms with Crippen molar-refractivity contribution in [1.29, 1.82) is 0 Å². The van der Waals surface area contributed by atoms with Gasteiger partial charge in [0, 0.05) is 0 Å². The van der Waals surface area contributed by atoms with Crippen molar-refractivity contribution < 1.29 is 0 Å². The van der Waals surface area contributed by atoms with E-state index in [1.807, 2.05) is 0 Å². The minimum atomic E-state index is -0.262. The molecule has 0 saturated carbocycles. The molecule has 2 heterocycles. The molecular formula is C6H7N5O. The molecule has 62 valence electrons. The third-order valence-corrected chi connectivity index (χ3v) is 1.55. The van der Waals surface area contributed by atoms with Gasteiger partial charge in [-0.2, -0.15) is 0 Å². The first-order valence-electron chi connectivity index (χ1n) is 3.37. The number of nitrogens with two attached hydrogens (primary N) is 1. The van der Waals surface area contributed by atoms with Crippen molar-refractivity contribution >= 4 is 11.2 Å². The lowest BCUT2D eigenvalue weighted by Crippen LogP contribution is -2.13. The number of rotatable bonds is 0. The van der Waals surface area contributed by atoms with Crippen molar-refractivity contribution in [3.8, 4) is 0 Å². The zero-order valence-corrected chi connectivity index (χ0v) is 6.40. The summed E-state index contributed by atoms with van der Waals surface area (Å²) < 4.78 is 1.22. The Morgan fingerprint density at radius 2 is 2.42 bits per heavy atom. The van der Waals surface area contributed by atoms with E-state index in [2.05, 4.69) is 15.0 Å². The molecule has 12 heavy (non-hydrogen) atoms. The number of aromatic amines is 1. The summed E-state index contributed by atoms with van der Waals surface area (Å²) in [6, 6.07) is 0. The second-order valence-corrected chi connectivity index (χ2v) is 2.48. The third kappa shape index (κ3) is 0.777. The Morgan fingerprint density at radius 1 is 1.67 bits per heavy atom. The van der Waals surface area contributed by atoms with Crippen molar-refractivity contribution in [1.82, 2.24) is 19.6 Å². The van der Waals surface area contributed by atoms with Crippen LogP contribution < -0.4 is 11.4 Å². The zero-order chi connectivity index (χ0) is 8.72. The highest BCUT2D eigenvalue weighted by Gasteiger charge is 2.05. The largest absolute Gasteiger partial charge is 0.336 e. The van der Waals surface area contributed by atoms with Gasteiger partial charge in [0.1, 0.15) is 12.2 Å². The quantitative estimate of drug-likeness (QED) is 0.497. The van der Waals surface area contributed by atoms with Crippen LogP contribution in [-0.2, 0) is 0 Å². The van der Waals surface area contributed by atoms with Gasteiger partial charge in [0.05, 0.1) is 0 Å². The van der Waals surface area contributed by atoms with E-state index in [1.165, 1.54) is 11.0 Å². The Balaban J connectivity index is 3.03. The molecule has 0 radical (unpaired) electrons. The minimum absolute atomic E-state index is 0.262. The number of H-pyrrole nitrogens is 1. The van der Waals surface area contributed by atoms with Crippen LogP contribution >= 0.6 is 0 Å². The van der Waals surface area contributed by atoms with E-state index in [-0.39, 0.29) is 11.1 Å². The average Bonchev–Trinajstić information content (AvgIpc) is 2.33. The van der Waals surface area contributed by atoms with Crippen molar-refractivity contribution in [3.63, 3.8) is 0 Å². The van der Waals surface area contributed by atoms with E-state index in [9.17, 15) is 4.79 Å². The second-order valence-electron chi connectivity index (χ2n) is 2.48. The lowest BCUT2D eigenvalue weighted by Gasteiger charge is -1.93. The maximum atomic E-state index is 11.2. The Kier molecular flexibility index (Phi) is 1.18. The molecule has 2 rings (SSSR count). The summed E-state index contributed by atoms with van der Waals surface area (Å²) in [5.74, 6) is 5.98. The van der Waals surface area contributed by atoms with Crippen LogP contribution in [0.2, 0.25) is 0 Å². The van der Waals surface area contributed by atoms with Gasteiger partial charge >= 0.3 is 0 Å². The fraction of sp³-hybridized carbons (Fsp3) is 0.167. The molecule has 0 aliphatic rings. The van der Waals surface area contributed by atoms with E-state index in [1.54, 1.807) is 6.92 Å². The standard InChI is InChI=1S/C6H7N5O/c1-3-9-5-4(6(12)10-3)8-2-11(5)7/h2H,7H2,1H3,(H,9,10,12). The van der Waals surface area contributed by atoms with Gasteiger partial charge in [-0.1, -0.05) is 0 Å². The number of hydrogen-bond donors (Lipinski definition) is 2. The van der Waals surface area contributed by atoms with E-state index < -0.39 is 0 Å². The van der Waals surface area contributed by atoms with Crippen molar-refractivity contribution in [2.75, 3.05) is 5.84 Å². The number of hydrogen-bond acceptors (Lipinski definition) is 4. The molecule has 0 spiro atoms. The molecule has 0 aromatic carbocycles. The van der Waals surface area contributed by atoms with Gasteiger partial charge < -0.3 is 10.8 Å². The first kappa shape index (κ1) is 6.84. The average molecular weight is 165 g/mol. The minimum Gasteiger partial charge on any atom is -0.336 e. The van der Waals surface area contributed by atoms with Gasteiger partial charge in [0.25, 0.3) is 5.56 Å². The fourth-order valence-electron chi connectivity index (χ4n) is 1.04. The number of nitrogen functional groups attached to an aromatic ring is 1. The summed E-state index contributed by atoms with van der Waals surface area (Å²) in [6.07, 6.45) is 1.35. The van der Waals surface area contributed by atoms with Gasteiger partial charge in [-0.15, -0.1) is 0 Å². The van der Waals surface area contributed by atoms with Gasteiger partial charge in [0.2, 0.25) is 0 Å². The van der Waals surface area contributed by atoms with Gasteiger partial charge in [-0.25, -0.2) is 14.6 Å². The zero-order valence-electron chi connectivity index (χ0n) is 6.40. The van der Waals surface area contributed by atoms with Crippen molar-refractivity contribution in [2.24, 2.45) is 0 Å². The number of aryl methyl sites for hydroxylation is 1. The fourth-order valence-corrected chi connectivity index (χ4v) is 1.04. The lowest BCUT2D eigenvalue weighted by molar-refractivity contribution is 0.982. The second kappa shape index (κ2) is 2.07. The molecule has 0 unspecified atom stereocenters. The molecule has 0 aliphatic carbocycles. The summed E-state index contributed by atoms with van der Waals surface area (Å²) in [5.41, 5.74) is 0.404. The van der Waals surface area contributed by atoms with Crippen LogP contribution in [0.1, 0.15) is 5.82 Å². The molecular weight excluding hydrogens is 158 g/mol. The summed E-state index contributed by atoms with van der Waals surface area (Å²) in [6.45, 7) is 1.69. The van der Waals surface area contributed by atoms with Crippen LogP contribution in [-0.4, -0.2) is 19.6 Å². The van der Waals surface area contributed by atoms with Gasteiger partial charge in [-0.3, -0.25) is 4.79 Å². The highest BCUT2D eigenvalue weighted by Crippen LogP contribution is 2.00. The predicted octanol–water partition coefficient (Wildman–Crippen LogP) is -0.858. The smallest absolute Gasteiger partial charge is 0.279 e. The number of aromatic nitrogens is 4. The summed E-state index contributed by atoms with van der Waals surface area (Å²) in [4.78, 5) is 21.5. The van der Waals surface area contributed by atoms with E-state index >= 15 is 0 Å². The highest BCUT2D eigenvalue weighted by atomic mass is 16.1. The molecule has 3 N–H and O–H groups in total. The van der Waals surface area contributed by atoms with Crippen LogP contribution in [0.3, 0.4) is 0 Å². The SMILES string of the molecule is Cc1nc2c(ncn2N)c(=O)[nH]1. The first-order valence-corrected chi connectivity index (χ1v) is 3.37. The molecule has 0 atom stereocenters. The van der Waals surface area contributed by atoms with Crippen LogP contribution in [0.15, 0.2) is 11.1 Å². The van der Waals surface area contributed by atoms with E-state index in [0.717, 1.165) is 0 Å². The number of imidazole rings is 1. The van der Waals surface area contributed by atoms with E-state index in [4.69, 9.17) is 5.84 Å². The molecule has 0 bridgehead atoms. The molecule has 0 saturated heterocycles. The normalized spacial score (nSPS) is 10.8. The third-order valence-electron chi connectivity index (χ3n) is 1.55. The maximum absolute atomic E-state index is 11.2. The van der Waals surface area contributed by atoms with Gasteiger partial charge in [0.15, 0.2) is 11.2 Å². The summed E-state index contributed by atoms with van der Waals surface area (Å²) >= 11 is 0. The van der Waals surface area contributed by atoms with Crippen molar-refractivity contribution in [2.45, 2.75) is 6.92 Å². The number of fused-ring (bicyclic) bond motifs is 1. The number of nitrogens with one attached hydrogen (secondary N) is 1. The molecule has 0 amide bonds. The Hall–Kier alpha value is -1.85. The van der Waals surface area contributed by atoms with E-state index in [0.29, 0.717) is 11.5 Å². The van der Waals surface area contributed by atoms with Crippen LogP contribution in [0.4, 0.5) is 0 Å². The lowest BCUT2D eigenvalue weighted by atomic mass is 10.5. The molecule has 2 aromatic heterocycles. The molecule has 2 aromatic rings. The van der Waals surface area contributed by atoms with Crippen LogP contribution in [0.25, 0.3) is 11.2 Å². The Bertz CT molecular complexity index is 482. The maximum Gasteiger partial charge on any atom is 0.279 e. The molecule has 6 heteroatoms. The predicted molar refractivity (Wildman–Crippen MR) is 43.0 cm³/mol. The van der Waals surface area contributed by atoms with Crippen LogP contribution in [0.5, 0.6) is 0 Å². The van der Waals surface area contributed by atoms with Gasteiger partial charge in [-0.05, 0) is 6.92 Å². The topological polar surface area (TPSA) is 89.6 Å².